The van der Waals surface area contributed by atoms with Gasteiger partial charge in [0.2, 0.25) is 13.8 Å². The van der Waals surface area contributed by atoms with Gasteiger partial charge in [-0.05, 0) is 48.6 Å². The number of rotatable bonds is 5. The van der Waals surface area contributed by atoms with E-state index < -0.39 is 25.9 Å². The molecule has 0 spiro atoms. The first-order chi connectivity index (χ1) is 13.4. The number of thiocarbonyl (C=S) groups is 1. The molecule has 0 aliphatic carbocycles. The Morgan fingerprint density at radius 3 is 2.14 bits per heavy atom. The third-order valence-corrected chi connectivity index (χ3v) is 5.57. The monoisotopic (exact) mass is 514 g/mol. The predicted octanol–water partition coefficient (Wildman–Crippen LogP) is 3.40. The number of alkyl halides is 3. The average Bonchev–Trinajstić information content (AvgIpc) is 2.60. The fraction of sp³-hybridized carbons (Fsp3) is 0.125. The number of anilines is 1. The van der Waals surface area contributed by atoms with Crippen LogP contribution in [0.3, 0.4) is 0 Å². The summed E-state index contributed by atoms with van der Waals surface area (Å²) in [5, 5.41) is 13.2. The fourth-order valence-corrected chi connectivity index (χ4v) is 3.38. The minimum atomic E-state index is -3.82. The largest absolute Gasteiger partial charge is 0.339 e. The number of carbonyl (C=O) groups is 1. The van der Waals surface area contributed by atoms with Gasteiger partial charge in [-0.1, -0.05) is 58.5 Å². The highest BCUT2D eigenvalue weighted by atomic mass is 35.6. The van der Waals surface area contributed by atoms with Crippen LogP contribution < -0.4 is 21.1 Å². The van der Waals surface area contributed by atoms with E-state index in [1.54, 1.807) is 18.2 Å². The second kappa shape index (κ2) is 9.65. The van der Waals surface area contributed by atoms with Gasteiger partial charge in [-0.3, -0.25) is 4.79 Å². The van der Waals surface area contributed by atoms with Crippen molar-refractivity contribution >= 4 is 85.4 Å². The lowest BCUT2D eigenvalue weighted by Crippen LogP contribution is -2.56. The van der Waals surface area contributed by atoms with Crippen LogP contribution in [0.1, 0.15) is 10.4 Å². The minimum Gasteiger partial charge on any atom is -0.339 e. The molecule has 156 valence electrons. The summed E-state index contributed by atoms with van der Waals surface area (Å²) in [6.45, 7) is 0. The van der Waals surface area contributed by atoms with E-state index in [1.165, 1.54) is 30.3 Å². The van der Waals surface area contributed by atoms with Crippen LogP contribution in [0.4, 0.5) is 5.69 Å². The van der Waals surface area contributed by atoms with Gasteiger partial charge in [0, 0.05) is 5.69 Å². The smallest absolute Gasteiger partial charge is 0.254 e. The molecule has 13 heteroatoms. The van der Waals surface area contributed by atoms with Gasteiger partial charge in [-0.15, -0.1) is 0 Å². The summed E-state index contributed by atoms with van der Waals surface area (Å²) in [5.74, 6) is -0.584. The van der Waals surface area contributed by atoms with Crippen molar-refractivity contribution in [3.05, 3.63) is 59.1 Å². The van der Waals surface area contributed by atoms with E-state index in [-0.39, 0.29) is 20.6 Å². The molecule has 0 saturated carbocycles. The molecule has 0 heterocycles. The summed E-state index contributed by atoms with van der Waals surface area (Å²) in [5.41, 5.74) is 0.628. The Morgan fingerprint density at radius 1 is 1.03 bits per heavy atom. The van der Waals surface area contributed by atoms with E-state index in [2.05, 4.69) is 16.0 Å². The van der Waals surface area contributed by atoms with Crippen LogP contribution in [-0.4, -0.2) is 29.4 Å². The van der Waals surface area contributed by atoms with Crippen molar-refractivity contribution in [2.75, 3.05) is 5.32 Å². The lowest BCUT2D eigenvalue weighted by atomic mass is 10.2. The van der Waals surface area contributed by atoms with Gasteiger partial charge in [0.15, 0.2) is 5.11 Å². The molecule has 0 radical (unpaired) electrons. The van der Waals surface area contributed by atoms with Crippen LogP contribution in [0, 0.1) is 0 Å². The maximum atomic E-state index is 12.4. The van der Waals surface area contributed by atoms with Crippen molar-refractivity contribution in [1.82, 2.24) is 10.6 Å². The number of amides is 1. The predicted molar refractivity (Wildman–Crippen MR) is 120 cm³/mol. The van der Waals surface area contributed by atoms with Crippen LogP contribution in [0.5, 0.6) is 0 Å². The lowest BCUT2D eigenvalue weighted by molar-refractivity contribution is 0.0934. The normalized spacial score (nSPS) is 12.7. The zero-order chi connectivity index (χ0) is 21.8. The Morgan fingerprint density at radius 2 is 1.62 bits per heavy atom. The Hall–Kier alpha value is -1.33. The molecule has 5 N–H and O–H groups in total. The summed E-state index contributed by atoms with van der Waals surface area (Å²) >= 11 is 29.0. The highest BCUT2D eigenvalue weighted by Crippen LogP contribution is 2.29. The molecule has 29 heavy (non-hydrogen) atoms. The van der Waals surface area contributed by atoms with Gasteiger partial charge in [-0.2, -0.15) is 0 Å². The van der Waals surface area contributed by atoms with Crippen molar-refractivity contribution in [2.45, 2.75) is 14.9 Å². The SMILES string of the molecule is NS(=O)(=O)c1ccc(NC(=S)N[C@@H](NC(=O)c2ccccc2Cl)C(Cl)(Cl)Cl)cc1. The van der Waals surface area contributed by atoms with E-state index in [1.807, 2.05) is 0 Å². The number of halogens is 4. The second-order valence-electron chi connectivity index (χ2n) is 5.60. The van der Waals surface area contributed by atoms with Crippen molar-refractivity contribution < 1.29 is 13.2 Å². The van der Waals surface area contributed by atoms with Gasteiger partial charge >= 0.3 is 0 Å². The Balaban J connectivity index is 2.09. The number of primary sulfonamides is 1. The van der Waals surface area contributed by atoms with E-state index in [4.69, 9.17) is 63.8 Å². The Kier molecular flexibility index (Phi) is 7.97. The van der Waals surface area contributed by atoms with Crippen molar-refractivity contribution in [3.8, 4) is 0 Å². The summed E-state index contributed by atoms with van der Waals surface area (Å²) < 4.78 is 20.6. The molecule has 0 unspecified atom stereocenters. The number of sulfonamides is 1. The number of hydrogen-bond acceptors (Lipinski definition) is 4. The lowest BCUT2D eigenvalue weighted by Gasteiger charge is -2.28. The van der Waals surface area contributed by atoms with Crippen LogP contribution in [0.15, 0.2) is 53.4 Å². The zero-order valence-corrected chi connectivity index (χ0v) is 19.0. The molecule has 1 amide bonds. The van der Waals surface area contributed by atoms with Crippen molar-refractivity contribution in [3.63, 3.8) is 0 Å². The molecule has 7 nitrogen and oxygen atoms in total. The summed E-state index contributed by atoms with van der Waals surface area (Å²) in [7, 11) is -3.82. The van der Waals surface area contributed by atoms with E-state index >= 15 is 0 Å². The number of benzene rings is 2. The standard InChI is InChI=1S/C16H14Cl4N4O3S2/c17-12-4-2-1-3-11(12)13(25)23-14(16(18,19)20)24-15(28)22-9-5-7-10(8-6-9)29(21,26)27/h1-8,14H,(H,23,25)(H2,21,26,27)(H2,22,24,28)/t14-/m1/s1. The van der Waals surface area contributed by atoms with Crippen molar-refractivity contribution in [2.24, 2.45) is 5.14 Å². The minimum absolute atomic E-state index is 0.00383. The van der Waals surface area contributed by atoms with Crippen LogP contribution >= 0.6 is 58.6 Å². The summed E-state index contributed by atoms with van der Waals surface area (Å²) in [6.07, 6.45) is -1.21. The maximum absolute atomic E-state index is 12.4. The molecule has 2 aromatic rings. The van der Waals surface area contributed by atoms with Gasteiger partial charge in [0.1, 0.15) is 6.17 Å². The molecule has 1 atom stereocenters. The Labute approximate surface area is 192 Å². The van der Waals surface area contributed by atoms with Crippen LogP contribution in [-0.2, 0) is 10.0 Å². The third kappa shape index (κ3) is 7.14. The molecular formula is C16H14Cl4N4O3S2. The van der Waals surface area contributed by atoms with E-state index in [0.717, 1.165) is 0 Å². The molecule has 0 aliphatic heterocycles. The molecule has 2 rings (SSSR count). The topological polar surface area (TPSA) is 113 Å². The van der Waals surface area contributed by atoms with Crippen LogP contribution in [0.25, 0.3) is 0 Å². The summed E-state index contributed by atoms with van der Waals surface area (Å²) in [4.78, 5) is 12.4. The van der Waals surface area contributed by atoms with E-state index in [9.17, 15) is 13.2 Å². The number of nitrogens with one attached hydrogen (secondary N) is 3. The molecule has 2 aromatic carbocycles. The summed E-state index contributed by atoms with van der Waals surface area (Å²) in [6, 6.07) is 11.8. The quantitative estimate of drug-likeness (QED) is 0.276. The average molecular weight is 516 g/mol. The maximum Gasteiger partial charge on any atom is 0.254 e. The van der Waals surface area contributed by atoms with Gasteiger partial charge in [0.25, 0.3) is 5.91 Å². The highest BCUT2D eigenvalue weighted by Gasteiger charge is 2.35. The molecule has 0 bridgehead atoms. The van der Waals surface area contributed by atoms with Gasteiger partial charge in [0.05, 0.1) is 15.5 Å². The fourth-order valence-electron chi connectivity index (χ4n) is 2.08. The van der Waals surface area contributed by atoms with E-state index in [0.29, 0.717) is 5.69 Å². The Bertz CT molecular complexity index is 1010. The molecular weight excluding hydrogens is 502 g/mol. The molecule has 0 saturated heterocycles. The number of carbonyl (C=O) groups excluding carboxylic acids is 1. The van der Waals surface area contributed by atoms with Gasteiger partial charge in [-0.25, -0.2) is 13.6 Å². The molecule has 0 fully saturated rings. The van der Waals surface area contributed by atoms with Crippen molar-refractivity contribution in [1.29, 1.82) is 0 Å². The molecule has 0 aromatic heterocycles. The second-order valence-corrected chi connectivity index (χ2v) is 10.3. The number of hydrogen-bond donors (Lipinski definition) is 4. The first-order valence-corrected chi connectivity index (χ1v) is 11.2. The first kappa shape index (κ1) is 23.9. The molecule has 0 aliphatic rings. The third-order valence-electron chi connectivity index (χ3n) is 3.44. The number of nitrogens with two attached hydrogens (primary N) is 1. The zero-order valence-electron chi connectivity index (χ0n) is 14.3. The van der Waals surface area contributed by atoms with Crippen LogP contribution in [0.2, 0.25) is 5.02 Å². The first-order valence-electron chi connectivity index (χ1n) is 7.70. The highest BCUT2D eigenvalue weighted by molar-refractivity contribution is 7.89. The van der Waals surface area contributed by atoms with Gasteiger partial charge < -0.3 is 16.0 Å².